The van der Waals surface area contributed by atoms with Crippen LogP contribution in [0, 0.1) is 13.8 Å². The monoisotopic (exact) mass is 311 g/mol. The molecule has 0 amide bonds. The van der Waals surface area contributed by atoms with Gasteiger partial charge in [0.05, 0.1) is 12.6 Å². The van der Waals surface area contributed by atoms with E-state index >= 15 is 0 Å². The van der Waals surface area contributed by atoms with Crippen molar-refractivity contribution in [2.45, 2.75) is 26.3 Å². The summed E-state index contributed by atoms with van der Waals surface area (Å²) in [6.07, 6.45) is 7.55. The number of nitrogens with one attached hydrogen (secondary N) is 1. The van der Waals surface area contributed by atoms with Crippen molar-refractivity contribution in [2.75, 3.05) is 26.7 Å². The van der Waals surface area contributed by atoms with Gasteiger partial charge in [-0.25, -0.2) is 4.99 Å². The molecule has 2 aliphatic rings. The molecule has 4 nitrogen and oxygen atoms in total. The Morgan fingerprint density at radius 2 is 2.22 bits per heavy atom. The summed E-state index contributed by atoms with van der Waals surface area (Å²) in [7, 11) is 2.09. The van der Waals surface area contributed by atoms with Gasteiger partial charge in [-0.05, 0) is 54.8 Å². The van der Waals surface area contributed by atoms with Gasteiger partial charge in [0.25, 0.3) is 6.02 Å². The minimum Gasteiger partial charge on any atom is -0.463 e. The molecular weight excluding hydrogens is 286 g/mol. The standard InChI is InChI=1S/C19H25N3O/c1-14-5-4-6-17(15(14)2)18(21-19-20-9-12-23-19)13-16-7-10-22(3)11-8-16/h4-8,10,18H,9,11-13H2,1-3H3,(H,20,21). The van der Waals surface area contributed by atoms with Gasteiger partial charge < -0.3 is 15.0 Å². The molecule has 0 saturated carbocycles. The number of rotatable bonds is 4. The molecule has 1 aromatic carbocycles. The fourth-order valence-corrected chi connectivity index (χ4v) is 2.96. The van der Waals surface area contributed by atoms with Gasteiger partial charge in [-0.1, -0.05) is 24.3 Å². The second kappa shape index (κ2) is 6.90. The number of amidine groups is 1. The van der Waals surface area contributed by atoms with Crippen molar-refractivity contribution in [3.63, 3.8) is 0 Å². The highest BCUT2D eigenvalue weighted by molar-refractivity contribution is 5.75. The number of nitrogens with zero attached hydrogens (tertiary/aromatic N) is 2. The molecule has 0 saturated heterocycles. The van der Waals surface area contributed by atoms with Crippen molar-refractivity contribution in [2.24, 2.45) is 4.99 Å². The average molecular weight is 311 g/mol. The molecule has 1 aromatic rings. The maximum atomic E-state index is 5.57. The van der Waals surface area contributed by atoms with Gasteiger partial charge >= 0.3 is 0 Å². The lowest BCUT2D eigenvalue weighted by Crippen LogP contribution is -2.30. The fraction of sp³-hybridized carbons (Fsp3) is 0.421. The smallest absolute Gasteiger partial charge is 0.285 e. The highest BCUT2D eigenvalue weighted by Gasteiger charge is 2.20. The van der Waals surface area contributed by atoms with Crippen LogP contribution in [0.4, 0.5) is 0 Å². The van der Waals surface area contributed by atoms with Crippen molar-refractivity contribution < 1.29 is 4.74 Å². The number of hydrogen-bond acceptors (Lipinski definition) is 4. The quantitative estimate of drug-likeness (QED) is 0.928. The number of aryl methyl sites for hydroxylation is 1. The second-order valence-corrected chi connectivity index (χ2v) is 6.26. The second-order valence-electron chi connectivity index (χ2n) is 6.26. The van der Waals surface area contributed by atoms with Gasteiger partial charge in [-0.15, -0.1) is 0 Å². The Balaban J connectivity index is 1.84. The van der Waals surface area contributed by atoms with Crippen LogP contribution >= 0.6 is 0 Å². The molecule has 0 spiro atoms. The Kier molecular flexibility index (Phi) is 4.70. The molecule has 3 rings (SSSR count). The van der Waals surface area contributed by atoms with Gasteiger partial charge in [0.15, 0.2) is 0 Å². The molecule has 2 heterocycles. The average Bonchev–Trinajstić information content (AvgIpc) is 3.05. The molecule has 0 aromatic heterocycles. The van der Waals surface area contributed by atoms with Crippen molar-refractivity contribution in [3.8, 4) is 0 Å². The molecule has 0 bridgehead atoms. The molecule has 1 N–H and O–H groups in total. The van der Waals surface area contributed by atoms with E-state index in [9.17, 15) is 0 Å². The van der Waals surface area contributed by atoms with E-state index in [1.54, 1.807) is 0 Å². The minimum atomic E-state index is 0.172. The highest BCUT2D eigenvalue weighted by Crippen LogP contribution is 2.27. The maximum absolute atomic E-state index is 5.57. The number of likely N-dealkylation sites (N-methyl/N-ethyl adjacent to an activating group) is 1. The number of benzene rings is 1. The van der Waals surface area contributed by atoms with Gasteiger partial charge in [-0.3, -0.25) is 0 Å². The van der Waals surface area contributed by atoms with Crippen LogP contribution in [0.25, 0.3) is 0 Å². The van der Waals surface area contributed by atoms with Crippen molar-refractivity contribution in [3.05, 3.63) is 58.8 Å². The van der Waals surface area contributed by atoms with E-state index in [4.69, 9.17) is 4.74 Å². The normalized spacial score (nSPS) is 18.3. The summed E-state index contributed by atoms with van der Waals surface area (Å²) in [5.74, 6) is 0. The first-order chi connectivity index (χ1) is 11.1. The van der Waals surface area contributed by atoms with Crippen LogP contribution in [0.15, 0.2) is 47.1 Å². The number of hydrogen-bond donors (Lipinski definition) is 1. The zero-order valence-electron chi connectivity index (χ0n) is 14.2. The lowest BCUT2D eigenvalue weighted by Gasteiger charge is -2.25. The molecule has 2 aliphatic heterocycles. The van der Waals surface area contributed by atoms with E-state index in [0.29, 0.717) is 12.6 Å². The zero-order valence-corrected chi connectivity index (χ0v) is 14.2. The Morgan fingerprint density at radius 3 is 2.91 bits per heavy atom. The van der Waals surface area contributed by atoms with E-state index in [-0.39, 0.29) is 6.04 Å². The Bertz CT molecular complexity index is 661. The first-order valence-corrected chi connectivity index (χ1v) is 8.21. The molecule has 4 heteroatoms. The summed E-state index contributed by atoms with van der Waals surface area (Å²) in [6, 6.07) is 7.34. The minimum absolute atomic E-state index is 0.172. The van der Waals surface area contributed by atoms with Crippen molar-refractivity contribution in [1.29, 1.82) is 0 Å². The number of ether oxygens (including phenoxy) is 1. The van der Waals surface area contributed by atoms with Crippen LogP contribution in [0.1, 0.15) is 29.2 Å². The molecule has 1 atom stereocenters. The molecule has 0 radical (unpaired) electrons. The molecule has 23 heavy (non-hydrogen) atoms. The van der Waals surface area contributed by atoms with E-state index in [1.807, 2.05) is 0 Å². The molecule has 122 valence electrons. The van der Waals surface area contributed by atoms with Crippen LogP contribution in [0.2, 0.25) is 0 Å². The summed E-state index contributed by atoms with van der Waals surface area (Å²) >= 11 is 0. The third-order valence-electron chi connectivity index (χ3n) is 4.53. The lowest BCUT2D eigenvalue weighted by molar-refractivity contribution is 0.324. The van der Waals surface area contributed by atoms with Crippen molar-refractivity contribution in [1.82, 2.24) is 10.2 Å². The molecular formula is C19H25N3O. The summed E-state index contributed by atoms with van der Waals surface area (Å²) in [4.78, 5) is 6.57. The summed E-state index contributed by atoms with van der Waals surface area (Å²) in [6.45, 7) is 6.73. The first-order valence-electron chi connectivity index (χ1n) is 8.21. The Labute approximate surface area is 138 Å². The highest BCUT2D eigenvalue weighted by atomic mass is 16.5. The maximum Gasteiger partial charge on any atom is 0.285 e. The largest absolute Gasteiger partial charge is 0.463 e. The van der Waals surface area contributed by atoms with Crippen LogP contribution in [0.3, 0.4) is 0 Å². The summed E-state index contributed by atoms with van der Waals surface area (Å²) < 4.78 is 5.57. The zero-order chi connectivity index (χ0) is 16.2. The van der Waals surface area contributed by atoms with Gasteiger partial charge in [0, 0.05) is 13.6 Å². The van der Waals surface area contributed by atoms with E-state index in [0.717, 1.165) is 19.5 Å². The third kappa shape index (κ3) is 3.76. The fourth-order valence-electron chi connectivity index (χ4n) is 2.96. The SMILES string of the molecule is Cc1cccc(C(CC2=CCN(C)C=C2)NC2=NCCO2)c1C. The van der Waals surface area contributed by atoms with Crippen molar-refractivity contribution >= 4 is 6.02 Å². The molecule has 0 aliphatic carbocycles. The Hall–Kier alpha value is -2.23. The van der Waals surface area contributed by atoms with Crippen LogP contribution < -0.4 is 5.32 Å². The predicted octanol–water partition coefficient (Wildman–Crippen LogP) is 3.10. The summed E-state index contributed by atoms with van der Waals surface area (Å²) in [5.41, 5.74) is 5.31. The van der Waals surface area contributed by atoms with E-state index < -0.39 is 0 Å². The van der Waals surface area contributed by atoms with Crippen LogP contribution in [-0.2, 0) is 4.74 Å². The van der Waals surface area contributed by atoms with Gasteiger partial charge in [0.2, 0.25) is 0 Å². The molecule has 1 unspecified atom stereocenters. The van der Waals surface area contributed by atoms with Gasteiger partial charge in [0.1, 0.15) is 6.61 Å². The van der Waals surface area contributed by atoms with Crippen LogP contribution in [-0.4, -0.2) is 37.7 Å². The Morgan fingerprint density at radius 1 is 1.35 bits per heavy atom. The van der Waals surface area contributed by atoms with E-state index in [1.165, 1.54) is 22.3 Å². The lowest BCUT2D eigenvalue weighted by atomic mass is 9.92. The third-order valence-corrected chi connectivity index (χ3v) is 4.53. The number of allylic oxidation sites excluding steroid dienone is 1. The first kappa shape index (κ1) is 15.7. The van der Waals surface area contributed by atoms with Gasteiger partial charge in [-0.2, -0.15) is 0 Å². The number of aliphatic imine (C=N–C) groups is 1. The summed E-state index contributed by atoms with van der Waals surface area (Å²) in [5, 5.41) is 3.50. The predicted molar refractivity (Wildman–Crippen MR) is 94.5 cm³/mol. The molecule has 0 fully saturated rings. The van der Waals surface area contributed by atoms with Crippen LogP contribution in [0.5, 0.6) is 0 Å². The van der Waals surface area contributed by atoms with E-state index in [2.05, 4.69) is 72.7 Å². The topological polar surface area (TPSA) is 36.9 Å².